The molecule has 2 rings (SSSR count). The van der Waals surface area contributed by atoms with E-state index < -0.39 is 35.5 Å². The molecule has 2 amide bonds. The fourth-order valence-corrected chi connectivity index (χ4v) is 15.7. The van der Waals surface area contributed by atoms with Gasteiger partial charge < -0.3 is 63.6 Å². The Kier molecular flexibility index (Phi) is 25.7. The second-order valence-electron chi connectivity index (χ2n) is 16.3. The highest BCUT2D eigenvalue weighted by molar-refractivity contribution is 6.79. The Balaban J connectivity index is 2.16. The maximum Gasteiger partial charge on any atom is 0.500 e. The lowest BCUT2D eigenvalue weighted by Gasteiger charge is -2.32. The van der Waals surface area contributed by atoms with Gasteiger partial charge >= 0.3 is 26.4 Å². The van der Waals surface area contributed by atoms with E-state index in [0.29, 0.717) is 81.2 Å². The number of carbonyl (C=O) groups is 3. The Labute approximate surface area is 360 Å². The Morgan fingerprint density at radius 2 is 0.915 bits per heavy atom. The molecule has 346 valence electrons. The number of nitrogens with zero attached hydrogens (tertiary/aromatic N) is 2. The predicted molar refractivity (Wildman–Crippen MR) is 233 cm³/mol. The molecule has 0 aromatic rings. The first-order valence-electron chi connectivity index (χ1n) is 21.3. The smallest absolute Gasteiger partial charge is 0.413 e. The summed E-state index contributed by atoms with van der Waals surface area (Å²) >= 11 is 0. The molecule has 0 heterocycles. The third kappa shape index (κ3) is 16.9. The number of amides is 2. The van der Waals surface area contributed by atoms with Gasteiger partial charge in [0.15, 0.2) is 0 Å². The third-order valence-electron chi connectivity index (χ3n) is 13.2. The molecule has 59 heavy (non-hydrogen) atoms. The quantitative estimate of drug-likeness (QED) is 0.0523. The van der Waals surface area contributed by atoms with Gasteiger partial charge in [-0.15, -0.1) is 0 Å². The van der Waals surface area contributed by atoms with Gasteiger partial charge in [-0.1, -0.05) is 0 Å². The van der Waals surface area contributed by atoms with Crippen LogP contribution < -0.4 is 0 Å². The number of carbonyl (C=O) groups excluding carboxylic acids is 3. The summed E-state index contributed by atoms with van der Waals surface area (Å²) in [6.07, 6.45) is 8.59. The van der Waals surface area contributed by atoms with Gasteiger partial charge in [-0.25, -0.2) is 0 Å². The van der Waals surface area contributed by atoms with E-state index in [4.69, 9.17) is 49.0 Å². The lowest BCUT2D eigenvalue weighted by molar-refractivity contribution is -0.130. The zero-order valence-corrected chi connectivity index (χ0v) is 42.6. The average Bonchev–Trinajstić information content (AvgIpc) is 3.84. The second kappa shape index (κ2) is 28.0. The molecule has 0 aromatic carbocycles. The molecular weight excluding hydrogens is 833 g/mol. The van der Waals surface area contributed by atoms with Crippen LogP contribution in [-0.2, 0) is 63.4 Å². The van der Waals surface area contributed by atoms with E-state index in [-0.39, 0.29) is 23.7 Å². The number of hydrogen-bond acceptors (Lipinski definition) is 14. The summed E-state index contributed by atoms with van der Waals surface area (Å²) in [6.45, 7) is 6.29. The van der Waals surface area contributed by atoms with E-state index in [1.165, 1.54) is 0 Å². The van der Waals surface area contributed by atoms with Gasteiger partial charge in [0, 0.05) is 136 Å². The Morgan fingerprint density at radius 3 is 1.25 bits per heavy atom. The van der Waals surface area contributed by atoms with Crippen LogP contribution in [0.25, 0.3) is 0 Å². The van der Waals surface area contributed by atoms with Crippen LogP contribution in [0.2, 0.25) is 18.1 Å². The van der Waals surface area contributed by atoms with Gasteiger partial charge in [0.1, 0.15) is 5.91 Å². The van der Waals surface area contributed by atoms with Crippen molar-refractivity contribution < 1.29 is 63.4 Å². The summed E-state index contributed by atoms with van der Waals surface area (Å²) in [7, 11) is 6.15. The van der Waals surface area contributed by atoms with Gasteiger partial charge in [-0.3, -0.25) is 9.59 Å². The van der Waals surface area contributed by atoms with Crippen LogP contribution in [0.5, 0.6) is 0 Å². The van der Waals surface area contributed by atoms with Crippen molar-refractivity contribution in [1.82, 2.24) is 9.80 Å². The highest BCUT2D eigenvalue weighted by atomic mass is 28.4. The van der Waals surface area contributed by atoms with Crippen LogP contribution in [0.1, 0.15) is 71.6 Å². The van der Waals surface area contributed by atoms with Gasteiger partial charge in [0.25, 0.3) is 9.04 Å². The summed E-state index contributed by atoms with van der Waals surface area (Å²) in [6, 6.07) is 2.12. The summed E-state index contributed by atoms with van der Waals surface area (Å²) in [5.41, 5.74) is 0. The molecule has 2 fully saturated rings. The second-order valence-corrected chi connectivity index (χ2v) is 27.7. The normalized spacial score (nSPS) is 23.1. The van der Waals surface area contributed by atoms with Crippen molar-refractivity contribution in [2.75, 3.05) is 110 Å². The lowest BCUT2D eigenvalue weighted by atomic mass is 9.92. The Bertz CT molecular complexity index is 1180. The van der Waals surface area contributed by atoms with Crippen LogP contribution in [-0.4, -0.2) is 173 Å². The maximum absolute atomic E-state index is 13.2. The molecule has 16 nitrogen and oxygen atoms in total. The summed E-state index contributed by atoms with van der Waals surface area (Å²) < 4.78 is 62.9. The summed E-state index contributed by atoms with van der Waals surface area (Å²) in [5, 5.41) is 0. The molecule has 2 aliphatic carbocycles. The first-order valence-corrected chi connectivity index (χ1v) is 29.0. The van der Waals surface area contributed by atoms with E-state index in [1.54, 1.807) is 84.9 Å². The van der Waals surface area contributed by atoms with Crippen molar-refractivity contribution in [1.29, 1.82) is 0 Å². The third-order valence-corrected chi connectivity index (χ3v) is 23.0. The van der Waals surface area contributed by atoms with E-state index in [0.717, 1.165) is 63.3 Å². The van der Waals surface area contributed by atoms with Crippen molar-refractivity contribution in [3.8, 4) is 0 Å². The zero-order chi connectivity index (χ0) is 44.1. The van der Waals surface area contributed by atoms with E-state index >= 15 is 0 Å². The summed E-state index contributed by atoms with van der Waals surface area (Å²) in [4.78, 5) is 41.6. The van der Waals surface area contributed by atoms with Crippen molar-refractivity contribution >= 4 is 53.2 Å². The highest BCUT2D eigenvalue weighted by Gasteiger charge is 2.45. The molecule has 0 N–H and O–H groups in total. The fourth-order valence-electron chi connectivity index (χ4n) is 9.46. The summed E-state index contributed by atoms with van der Waals surface area (Å²) in [5.74, 6) is 3.12. The molecule has 0 saturated heterocycles. The standard InChI is InChI=1S/C39H80N2O14Si4/c1-32(43)40(28-38-26-34(14-20-55-31-56(30-42)45-3)24-36(38)16-22-58(49-7,50-8)51-9)18-13-19-41(33(2)44)29-39-27-35(15-21-57(46-4,47-5)48-6)25-37(39)17-23-59(52-10,53-11)54-12/h30,34-39,56H,13-29,31H2,1-12H3. The molecular formula is C39H80N2O14Si4. The van der Waals surface area contributed by atoms with Crippen LogP contribution in [0.4, 0.5) is 0 Å². The minimum atomic E-state index is -2.78. The SMILES string of the molecule is CO[SiH](C=O)COCCC1CC(CC[Si](OC)(OC)OC)C(CN(CCCN(CC2CC(CC[Si](OC)(OC)OC)CC2CC[Si](OC)(OC)OC)C(C)=O)C(C)=O)C1. The van der Waals surface area contributed by atoms with E-state index in [1.807, 2.05) is 9.80 Å². The van der Waals surface area contributed by atoms with Gasteiger partial charge in [-0.05, 0) is 93.3 Å². The van der Waals surface area contributed by atoms with Crippen molar-refractivity contribution in [2.45, 2.75) is 89.8 Å². The van der Waals surface area contributed by atoms with E-state index in [2.05, 4.69) is 0 Å². The van der Waals surface area contributed by atoms with Crippen LogP contribution in [0.15, 0.2) is 0 Å². The Morgan fingerprint density at radius 1 is 0.559 bits per heavy atom. The number of hydrogen-bond donors (Lipinski definition) is 0. The van der Waals surface area contributed by atoms with Gasteiger partial charge in [-0.2, -0.15) is 0 Å². The minimum absolute atomic E-state index is 0.0346. The fraction of sp³-hybridized carbons (Fsp3) is 0.923. The van der Waals surface area contributed by atoms with Crippen molar-refractivity contribution in [2.24, 2.45) is 35.5 Å². The van der Waals surface area contributed by atoms with Crippen molar-refractivity contribution in [3.63, 3.8) is 0 Å². The minimum Gasteiger partial charge on any atom is -0.413 e. The largest absolute Gasteiger partial charge is 0.500 e. The van der Waals surface area contributed by atoms with Crippen molar-refractivity contribution in [3.05, 3.63) is 0 Å². The Hall–Kier alpha value is -0.962. The van der Waals surface area contributed by atoms with Gasteiger partial charge in [0.2, 0.25) is 11.8 Å². The highest BCUT2D eigenvalue weighted by Crippen LogP contribution is 2.44. The average molecular weight is 913 g/mol. The van der Waals surface area contributed by atoms with Crippen LogP contribution >= 0.6 is 0 Å². The molecule has 20 heteroatoms. The maximum atomic E-state index is 13.2. The first kappa shape index (κ1) is 54.2. The predicted octanol–water partition coefficient (Wildman–Crippen LogP) is 4.25. The van der Waals surface area contributed by atoms with Crippen LogP contribution in [0.3, 0.4) is 0 Å². The molecule has 7 atom stereocenters. The zero-order valence-electron chi connectivity index (χ0n) is 38.5. The topological polar surface area (TPSA) is 159 Å². The lowest BCUT2D eigenvalue weighted by Crippen LogP contribution is -2.43. The molecule has 0 aromatic heterocycles. The molecule has 0 bridgehead atoms. The first-order chi connectivity index (χ1) is 28.2. The monoisotopic (exact) mass is 912 g/mol. The molecule has 2 aliphatic rings. The molecule has 0 radical (unpaired) electrons. The number of rotatable bonds is 33. The molecule has 7 unspecified atom stereocenters. The van der Waals surface area contributed by atoms with E-state index in [9.17, 15) is 14.4 Å². The van der Waals surface area contributed by atoms with Gasteiger partial charge in [0.05, 0.1) is 6.23 Å². The number of ether oxygens (including phenoxy) is 1. The van der Waals surface area contributed by atoms with Crippen LogP contribution in [0, 0.1) is 35.5 Å². The molecule has 2 saturated carbocycles. The molecule has 0 aliphatic heterocycles. The molecule has 0 spiro atoms.